The van der Waals surface area contributed by atoms with Crippen LogP contribution in [-0.2, 0) is 14.3 Å². The molecule has 1 aliphatic rings. The fourth-order valence-electron chi connectivity index (χ4n) is 1.30. The summed E-state index contributed by atoms with van der Waals surface area (Å²) < 4.78 is 10.7. The summed E-state index contributed by atoms with van der Waals surface area (Å²) in [5.41, 5.74) is -0.872. The van der Waals surface area contributed by atoms with Crippen molar-refractivity contribution in [3.8, 4) is 0 Å². The van der Waals surface area contributed by atoms with Gasteiger partial charge in [0.2, 0.25) is 0 Å². The first-order chi connectivity index (χ1) is 6.58. The topological polar surface area (TPSA) is 55.8 Å². The maximum absolute atomic E-state index is 10.8. The van der Waals surface area contributed by atoms with E-state index in [1.807, 2.05) is 0 Å². The summed E-state index contributed by atoms with van der Waals surface area (Å²) in [5.74, 6) is -0.855. The van der Waals surface area contributed by atoms with Crippen molar-refractivity contribution in [1.29, 1.82) is 0 Å². The van der Waals surface area contributed by atoms with E-state index in [-0.39, 0.29) is 50.5 Å². The summed E-state index contributed by atoms with van der Waals surface area (Å²) in [6, 6.07) is 0. The van der Waals surface area contributed by atoms with E-state index >= 15 is 0 Å². The molecule has 15 heavy (non-hydrogen) atoms. The normalized spacial score (nSPS) is 30.7. The van der Waals surface area contributed by atoms with E-state index in [0.29, 0.717) is 0 Å². The fraction of sp³-hybridized carbons (Fsp3) is 0.900. The summed E-state index contributed by atoms with van der Waals surface area (Å²) in [4.78, 5) is 10.8. The van der Waals surface area contributed by atoms with Gasteiger partial charge in [-0.15, -0.1) is 0 Å². The van der Waals surface area contributed by atoms with Crippen LogP contribution in [0.15, 0.2) is 0 Å². The third-order valence-electron chi connectivity index (χ3n) is 2.49. The SMILES string of the molecule is CCCCC1OCC(C)(C(=O)O)CO1.[H-].[Na+]. The van der Waals surface area contributed by atoms with Gasteiger partial charge in [0, 0.05) is 0 Å². The Morgan fingerprint density at radius 2 is 2.07 bits per heavy atom. The summed E-state index contributed by atoms with van der Waals surface area (Å²) in [7, 11) is 0. The number of carbonyl (C=O) groups is 1. The Hall–Kier alpha value is 0.390. The zero-order chi connectivity index (χ0) is 10.6. The van der Waals surface area contributed by atoms with Crippen molar-refractivity contribution in [3.63, 3.8) is 0 Å². The van der Waals surface area contributed by atoms with Crippen LogP contribution in [0.2, 0.25) is 0 Å². The number of hydrogen-bond donors (Lipinski definition) is 1. The molecule has 0 aromatic rings. The molecule has 4 nitrogen and oxygen atoms in total. The van der Waals surface area contributed by atoms with Crippen molar-refractivity contribution >= 4 is 5.97 Å². The minimum Gasteiger partial charge on any atom is -1.00 e. The second-order valence-corrected chi connectivity index (χ2v) is 4.06. The molecular weight excluding hydrogens is 207 g/mol. The molecule has 1 aliphatic heterocycles. The van der Waals surface area contributed by atoms with Crippen LogP contribution < -0.4 is 29.6 Å². The number of rotatable bonds is 4. The molecule has 1 heterocycles. The number of unbranched alkanes of at least 4 members (excludes halogenated alkanes) is 1. The molecule has 0 radical (unpaired) electrons. The molecule has 1 N–H and O–H groups in total. The number of carboxylic acid groups (broad SMARTS) is 1. The average Bonchev–Trinajstić information content (AvgIpc) is 2.17. The number of ether oxygens (including phenoxy) is 2. The Kier molecular flexibility index (Phi) is 7.04. The first-order valence-electron chi connectivity index (χ1n) is 5.05. The van der Waals surface area contributed by atoms with E-state index in [2.05, 4.69) is 6.92 Å². The molecule has 0 amide bonds. The van der Waals surface area contributed by atoms with E-state index in [1.165, 1.54) is 0 Å². The van der Waals surface area contributed by atoms with Crippen LogP contribution in [0, 0.1) is 5.41 Å². The van der Waals surface area contributed by atoms with Crippen molar-refractivity contribution in [2.45, 2.75) is 39.4 Å². The van der Waals surface area contributed by atoms with E-state index in [4.69, 9.17) is 14.6 Å². The van der Waals surface area contributed by atoms with Crippen molar-refractivity contribution in [1.82, 2.24) is 0 Å². The second-order valence-electron chi connectivity index (χ2n) is 4.06. The van der Waals surface area contributed by atoms with Gasteiger partial charge in [-0.25, -0.2) is 0 Å². The van der Waals surface area contributed by atoms with Gasteiger partial charge in [-0.3, -0.25) is 4.79 Å². The van der Waals surface area contributed by atoms with E-state index in [1.54, 1.807) is 6.92 Å². The Balaban J connectivity index is 0. The number of carboxylic acids is 1. The zero-order valence-electron chi connectivity index (χ0n) is 10.8. The van der Waals surface area contributed by atoms with Gasteiger partial charge in [0.15, 0.2) is 6.29 Å². The van der Waals surface area contributed by atoms with Gasteiger partial charge in [-0.05, 0) is 19.8 Å². The second kappa shape index (κ2) is 6.86. The van der Waals surface area contributed by atoms with Gasteiger partial charge in [-0.1, -0.05) is 13.3 Å². The van der Waals surface area contributed by atoms with Crippen LogP contribution in [0.1, 0.15) is 34.5 Å². The van der Waals surface area contributed by atoms with Gasteiger partial charge in [0.25, 0.3) is 0 Å². The molecule has 0 aromatic heterocycles. The molecule has 0 bridgehead atoms. The molecule has 1 rings (SSSR count). The summed E-state index contributed by atoms with van der Waals surface area (Å²) in [5, 5.41) is 8.90. The predicted octanol–water partition coefficient (Wildman–Crippen LogP) is -1.24. The van der Waals surface area contributed by atoms with E-state index < -0.39 is 11.4 Å². The van der Waals surface area contributed by atoms with Gasteiger partial charge >= 0.3 is 35.5 Å². The molecule has 1 fully saturated rings. The van der Waals surface area contributed by atoms with Gasteiger partial charge < -0.3 is 16.0 Å². The molecule has 84 valence electrons. The Morgan fingerprint density at radius 3 is 2.47 bits per heavy atom. The van der Waals surface area contributed by atoms with Crippen LogP contribution in [0.5, 0.6) is 0 Å². The average molecular weight is 226 g/mol. The van der Waals surface area contributed by atoms with Crippen LogP contribution in [-0.4, -0.2) is 30.6 Å². The monoisotopic (exact) mass is 226 g/mol. The first-order valence-corrected chi connectivity index (χ1v) is 5.05. The first kappa shape index (κ1) is 15.4. The van der Waals surface area contributed by atoms with Crippen LogP contribution >= 0.6 is 0 Å². The van der Waals surface area contributed by atoms with Crippen LogP contribution in [0.4, 0.5) is 0 Å². The maximum atomic E-state index is 10.8. The molecule has 0 aromatic carbocycles. The Morgan fingerprint density at radius 1 is 1.53 bits per heavy atom. The minimum atomic E-state index is -0.872. The Labute approximate surface area is 114 Å². The molecule has 0 unspecified atom stereocenters. The molecular formula is C10H19NaO4. The number of hydrogen-bond acceptors (Lipinski definition) is 3. The van der Waals surface area contributed by atoms with Crippen molar-refractivity contribution in [3.05, 3.63) is 0 Å². The third-order valence-corrected chi connectivity index (χ3v) is 2.49. The standard InChI is InChI=1S/C10H18O4.Na.H/c1-3-4-5-8-13-6-10(2,7-14-8)9(11)12;;/h8H,3-7H2,1-2H3,(H,11,12);;/q;+1;-1. The summed E-state index contributed by atoms with van der Waals surface area (Å²) >= 11 is 0. The van der Waals surface area contributed by atoms with Crippen molar-refractivity contribution in [2.75, 3.05) is 13.2 Å². The summed E-state index contributed by atoms with van der Waals surface area (Å²) in [6.07, 6.45) is 2.79. The maximum Gasteiger partial charge on any atom is 1.00 e. The molecule has 0 aliphatic carbocycles. The fourth-order valence-corrected chi connectivity index (χ4v) is 1.30. The van der Waals surface area contributed by atoms with Crippen LogP contribution in [0.25, 0.3) is 0 Å². The van der Waals surface area contributed by atoms with Crippen molar-refractivity contribution in [2.24, 2.45) is 5.41 Å². The molecule has 0 spiro atoms. The van der Waals surface area contributed by atoms with E-state index in [9.17, 15) is 4.79 Å². The predicted molar refractivity (Wildman–Crippen MR) is 52.1 cm³/mol. The molecule has 1 saturated heterocycles. The smallest absolute Gasteiger partial charge is 1.00 e. The van der Waals surface area contributed by atoms with Gasteiger partial charge in [-0.2, -0.15) is 0 Å². The molecule has 0 saturated carbocycles. The zero-order valence-corrected chi connectivity index (χ0v) is 11.8. The van der Waals surface area contributed by atoms with Crippen molar-refractivity contribution < 1.29 is 50.4 Å². The van der Waals surface area contributed by atoms with Gasteiger partial charge in [0.1, 0.15) is 5.41 Å². The van der Waals surface area contributed by atoms with Crippen LogP contribution in [0.3, 0.4) is 0 Å². The quantitative estimate of drug-likeness (QED) is 0.609. The van der Waals surface area contributed by atoms with E-state index in [0.717, 1.165) is 19.3 Å². The van der Waals surface area contributed by atoms with Gasteiger partial charge in [0.05, 0.1) is 13.2 Å². The third kappa shape index (κ3) is 4.41. The Bertz CT molecular complexity index is 205. The molecule has 0 atom stereocenters. The largest absolute Gasteiger partial charge is 1.00 e. The molecule has 5 heteroatoms. The number of aliphatic carboxylic acids is 1. The summed E-state index contributed by atoms with van der Waals surface area (Å²) in [6.45, 7) is 4.24. The minimum absolute atomic E-state index is 0.